The summed E-state index contributed by atoms with van der Waals surface area (Å²) in [5, 5.41) is 12.4. The van der Waals surface area contributed by atoms with Gasteiger partial charge in [0.25, 0.3) is 5.89 Å². The lowest BCUT2D eigenvalue weighted by Crippen LogP contribution is -2.24. The molecular weight excluding hydrogens is 422 g/mol. The minimum Gasteiger partial charge on any atom is -0.490 e. The van der Waals surface area contributed by atoms with Gasteiger partial charge in [0.05, 0.1) is 18.7 Å². The second-order valence-corrected chi connectivity index (χ2v) is 7.90. The summed E-state index contributed by atoms with van der Waals surface area (Å²) >= 11 is 0. The van der Waals surface area contributed by atoms with Crippen LogP contribution < -0.4 is 9.47 Å². The Kier molecular flexibility index (Phi) is 5.68. The molecule has 5 rings (SSSR count). The minimum atomic E-state index is -0.130. The molecule has 1 aliphatic rings. The van der Waals surface area contributed by atoms with Gasteiger partial charge in [0.2, 0.25) is 5.91 Å². The number of rotatable bonds is 8. The summed E-state index contributed by atoms with van der Waals surface area (Å²) in [7, 11) is 0. The summed E-state index contributed by atoms with van der Waals surface area (Å²) in [6.45, 7) is 5.98. The lowest BCUT2D eigenvalue weighted by Gasteiger charge is -2.18. The molecule has 4 aromatic rings. The maximum Gasteiger partial charge on any atom is 0.279 e. The molecule has 1 atom stereocenters. The van der Waals surface area contributed by atoms with Crippen LogP contribution in [0.4, 0.5) is 0 Å². The molecule has 2 aromatic heterocycles. The quantitative estimate of drug-likeness (QED) is 0.436. The molecule has 1 aliphatic heterocycles. The average molecular weight is 447 g/mol. The first-order chi connectivity index (χ1) is 16.2. The zero-order valence-electron chi connectivity index (χ0n) is 18.6. The van der Waals surface area contributed by atoms with Gasteiger partial charge in [0, 0.05) is 30.8 Å². The fraction of sp³-hybridized carbons (Fsp3) is 0.333. The fourth-order valence-electron chi connectivity index (χ4n) is 4.14. The van der Waals surface area contributed by atoms with Crippen LogP contribution in [0.2, 0.25) is 0 Å². The molecule has 1 unspecified atom stereocenters. The Morgan fingerprint density at radius 3 is 2.79 bits per heavy atom. The summed E-state index contributed by atoms with van der Waals surface area (Å²) in [5.41, 5.74) is 2.49. The Balaban J connectivity index is 1.31. The normalized spacial score (nSPS) is 16.0. The number of ether oxygens (including phenoxy) is 2. The molecule has 3 heterocycles. The number of nitrogens with one attached hydrogen (secondary N) is 1. The topological polar surface area (TPSA) is 106 Å². The molecule has 33 heavy (non-hydrogen) atoms. The Morgan fingerprint density at radius 1 is 1.12 bits per heavy atom. The van der Waals surface area contributed by atoms with Gasteiger partial charge < -0.3 is 18.9 Å². The van der Waals surface area contributed by atoms with Crippen molar-refractivity contribution in [1.29, 1.82) is 0 Å². The lowest BCUT2D eigenvalue weighted by atomic mass is 10.1. The van der Waals surface area contributed by atoms with Crippen LogP contribution >= 0.6 is 0 Å². The van der Waals surface area contributed by atoms with E-state index in [4.69, 9.17) is 14.0 Å². The first kappa shape index (κ1) is 21.0. The molecule has 9 nitrogen and oxygen atoms in total. The molecule has 170 valence electrons. The predicted octanol–water partition coefficient (Wildman–Crippen LogP) is 3.93. The Hall–Kier alpha value is -3.88. The third-order valence-corrected chi connectivity index (χ3v) is 5.68. The largest absolute Gasteiger partial charge is 0.490 e. The Labute approximate surface area is 190 Å². The molecule has 1 saturated heterocycles. The smallest absolute Gasteiger partial charge is 0.279 e. The number of carbonyl (C=O) groups is 1. The van der Waals surface area contributed by atoms with E-state index in [1.165, 1.54) is 0 Å². The summed E-state index contributed by atoms with van der Waals surface area (Å²) in [6, 6.07) is 13.5. The van der Waals surface area contributed by atoms with Crippen molar-refractivity contribution in [1.82, 2.24) is 25.2 Å². The highest BCUT2D eigenvalue weighted by atomic mass is 16.5. The molecular formula is C24H25N5O4. The number of benzene rings is 2. The number of para-hydroxylation sites is 1. The van der Waals surface area contributed by atoms with Crippen LogP contribution in [0.5, 0.6) is 11.5 Å². The highest BCUT2D eigenvalue weighted by Gasteiger charge is 2.34. The number of carbonyl (C=O) groups excluding carboxylic acids is 1. The Morgan fingerprint density at radius 2 is 1.94 bits per heavy atom. The maximum absolute atomic E-state index is 12.7. The molecule has 1 N–H and O–H groups in total. The van der Waals surface area contributed by atoms with E-state index in [1.807, 2.05) is 61.2 Å². The van der Waals surface area contributed by atoms with E-state index in [2.05, 4.69) is 20.3 Å². The second-order valence-electron chi connectivity index (χ2n) is 7.90. The van der Waals surface area contributed by atoms with Gasteiger partial charge in [0.1, 0.15) is 0 Å². The molecule has 0 radical (unpaired) electrons. The van der Waals surface area contributed by atoms with Crippen molar-refractivity contribution in [3.63, 3.8) is 0 Å². The van der Waals surface area contributed by atoms with Crippen LogP contribution in [-0.4, -0.2) is 50.9 Å². The highest BCUT2D eigenvalue weighted by molar-refractivity contribution is 5.90. The molecule has 0 spiro atoms. The lowest BCUT2D eigenvalue weighted by molar-refractivity contribution is -0.128. The number of aromatic amines is 1. The first-order valence-electron chi connectivity index (χ1n) is 11.1. The van der Waals surface area contributed by atoms with E-state index in [9.17, 15) is 4.79 Å². The standard InChI is InChI=1S/C24H25N5O4/c1-3-31-19-10-9-15(11-20(19)32-4-2)13-29-14-16(12-21(29)30)23-25-24(33-28-23)22-17-7-5-6-8-18(17)26-27-22/h5-11,16H,3-4,12-14H2,1-2H3,(H,26,27). The van der Waals surface area contributed by atoms with Crippen molar-refractivity contribution in [2.45, 2.75) is 32.7 Å². The van der Waals surface area contributed by atoms with E-state index < -0.39 is 0 Å². The van der Waals surface area contributed by atoms with E-state index in [1.54, 1.807) is 0 Å². The second kappa shape index (κ2) is 8.93. The van der Waals surface area contributed by atoms with Crippen LogP contribution in [0, 0.1) is 0 Å². The molecule has 0 saturated carbocycles. The highest BCUT2D eigenvalue weighted by Crippen LogP contribution is 2.33. The van der Waals surface area contributed by atoms with E-state index >= 15 is 0 Å². The van der Waals surface area contributed by atoms with E-state index in [0.717, 1.165) is 16.5 Å². The van der Waals surface area contributed by atoms with Crippen LogP contribution in [0.3, 0.4) is 0 Å². The van der Waals surface area contributed by atoms with E-state index in [-0.39, 0.29) is 11.8 Å². The monoisotopic (exact) mass is 447 g/mol. The van der Waals surface area contributed by atoms with Crippen LogP contribution in [0.15, 0.2) is 47.0 Å². The van der Waals surface area contributed by atoms with Gasteiger partial charge in [0.15, 0.2) is 23.0 Å². The predicted molar refractivity (Wildman–Crippen MR) is 121 cm³/mol. The van der Waals surface area contributed by atoms with Gasteiger partial charge in [-0.25, -0.2) is 0 Å². The van der Waals surface area contributed by atoms with Crippen molar-refractivity contribution >= 4 is 16.8 Å². The summed E-state index contributed by atoms with van der Waals surface area (Å²) in [5.74, 6) is 2.20. The average Bonchev–Trinajstić information content (AvgIpc) is 3.54. The zero-order valence-corrected chi connectivity index (χ0v) is 18.6. The number of hydrogen-bond acceptors (Lipinski definition) is 7. The molecule has 9 heteroatoms. The van der Waals surface area contributed by atoms with Gasteiger partial charge in [-0.3, -0.25) is 9.89 Å². The van der Waals surface area contributed by atoms with Crippen molar-refractivity contribution in [3.05, 3.63) is 53.9 Å². The molecule has 0 aliphatic carbocycles. The van der Waals surface area contributed by atoms with Crippen LogP contribution in [0.25, 0.3) is 22.5 Å². The molecule has 0 bridgehead atoms. The molecule has 1 amide bonds. The first-order valence-corrected chi connectivity index (χ1v) is 11.1. The van der Waals surface area contributed by atoms with Gasteiger partial charge in [-0.1, -0.05) is 29.4 Å². The third-order valence-electron chi connectivity index (χ3n) is 5.68. The van der Waals surface area contributed by atoms with Crippen LogP contribution in [0.1, 0.15) is 37.6 Å². The SMILES string of the molecule is CCOc1ccc(CN2CC(c3noc(-c4n[nH]c5ccccc45)n3)CC2=O)cc1OCC. The minimum absolute atomic E-state index is 0.0587. The number of aromatic nitrogens is 4. The number of fused-ring (bicyclic) bond motifs is 1. The number of hydrogen-bond donors (Lipinski definition) is 1. The van der Waals surface area contributed by atoms with Gasteiger partial charge in [-0.2, -0.15) is 10.1 Å². The van der Waals surface area contributed by atoms with Gasteiger partial charge in [-0.05, 0) is 37.6 Å². The third kappa shape index (κ3) is 4.13. The molecule has 2 aromatic carbocycles. The van der Waals surface area contributed by atoms with Gasteiger partial charge in [-0.15, -0.1) is 0 Å². The van der Waals surface area contributed by atoms with Gasteiger partial charge >= 0.3 is 0 Å². The maximum atomic E-state index is 12.7. The Bertz CT molecular complexity index is 1280. The summed E-state index contributed by atoms with van der Waals surface area (Å²) in [6.07, 6.45) is 0.343. The van der Waals surface area contributed by atoms with Crippen LogP contribution in [-0.2, 0) is 11.3 Å². The number of H-pyrrole nitrogens is 1. The summed E-state index contributed by atoms with van der Waals surface area (Å²) in [4.78, 5) is 19.1. The zero-order chi connectivity index (χ0) is 22.8. The number of amides is 1. The van der Waals surface area contributed by atoms with Crippen molar-refractivity contribution in [3.8, 4) is 23.1 Å². The summed E-state index contributed by atoms with van der Waals surface area (Å²) < 4.78 is 16.8. The van der Waals surface area contributed by atoms with E-state index in [0.29, 0.717) is 61.6 Å². The fourth-order valence-corrected chi connectivity index (χ4v) is 4.14. The molecule has 1 fully saturated rings. The van der Waals surface area contributed by atoms with Crippen molar-refractivity contribution in [2.75, 3.05) is 19.8 Å². The van der Waals surface area contributed by atoms with Crippen molar-refractivity contribution < 1.29 is 18.8 Å². The van der Waals surface area contributed by atoms with Crippen molar-refractivity contribution in [2.24, 2.45) is 0 Å². The number of likely N-dealkylation sites (tertiary alicyclic amines) is 1. The number of nitrogens with zero attached hydrogens (tertiary/aromatic N) is 4.